The van der Waals surface area contributed by atoms with Gasteiger partial charge in [0, 0.05) is 0 Å². The molecule has 0 aromatic heterocycles. The van der Waals surface area contributed by atoms with Gasteiger partial charge in [0.15, 0.2) is 0 Å². The van der Waals surface area contributed by atoms with Gasteiger partial charge in [0.25, 0.3) is 0 Å². The van der Waals surface area contributed by atoms with Crippen LogP contribution in [0.4, 0.5) is 0 Å². The van der Waals surface area contributed by atoms with E-state index >= 15 is 0 Å². The highest BCUT2D eigenvalue weighted by molar-refractivity contribution is 7.39. The summed E-state index contributed by atoms with van der Waals surface area (Å²) < 4.78 is 9.92. The minimum absolute atomic E-state index is 0.0396. The Morgan fingerprint density at radius 3 is 2.44 bits per heavy atom. The maximum atomic E-state index is 8.96. The Hall–Kier alpha value is -0.550. The number of benzene rings is 1. The molecule has 16 heavy (non-hydrogen) atoms. The summed E-state index contributed by atoms with van der Waals surface area (Å²) in [7, 11) is -2.39. The standard InChI is InChI=1S/C10H15O5P/c11-6-10(8-15-16(12)13)14-7-9-4-2-1-3-5-9/h1-5,10-13H,6-8H2. The van der Waals surface area contributed by atoms with Crippen LogP contribution in [0.15, 0.2) is 30.3 Å². The minimum Gasteiger partial charge on any atom is -0.394 e. The van der Waals surface area contributed by atoms with Crippen molar-refractivity contribution >= 4 is 8.60 Å². The molecule has 1 unspecified atom stereocenters. The van der Waals surface area contributed by atoms with Crippen molar-refractivity contribution in [2.24, 2.45) is 0 Å². The molecule has 0 amide bonds. The second-order valence-electron chi connectivity index (χ2n) is 3.15. The fourth-order valence-electron chi connectivity index (χ4n) is 1.09. The van der Waals surface area contributed by atoms with Crippen LogP contribution >= 0.6 is 8.60 Å². The van der Waals surface area contributed by atoms with Gasteiger partial charge in [-0.25, -0.2) is 0 Å². The van der Waals surface area contributed by atoms with Gasteiger partial charge in [-0.1, -0.05) is 30.3 Å². The lowest BCUT2D eigenvalue weighted by Gasteiger charge is -2.15. The lowest BCUT2D eigenvalue weighted by Crippen LogP contribution is -2.22. The Morgan fingerprint density at radius 1 is 1.19 bits per heavy atom. The Labute approximate surface area is 95.3 Å². The number of hydrogen-bond donors (Lipinski definition) is 3. The van der Waals surface area contributed by atoms with Gasteiger partial charge in [-0.2, -0.15) is 0 Å². The predicted octanol–water partition coefficient (Wildman–Crippen LogP) is 0.792. The molecule has 1 aromatic carbocycles. The third-order valence-electron chi connectivity index (χ3n) is 1.91. The van der Waals surface area contributed by atoms with Crippen molar-refractivity contribution in [3.63, 3.8) is 0 Å². The SMILES string of the molecule is OCC(COP(O)O)OCc1ccccc1. The highest BCUT2D eigenvalue weighted by atomic mass is 31.2. The van der Waals surface area contributed by atoms with Gasteiger partial charge in [-0.3, -0.25) is 0 Å². The molecular weight excluding hydrogens is 231 g/mol. The normalized spacial score (nSPS) is 13.0. The van der Waals surface area contributed by atoms with Gasteiger partial charge in [-0.15, -0.1) is 0 Å². The van der Waals surface area contributed by atoms with Gasteiger partial charge in [-0.05, 0) is 5.56 Å². The molecule has 0 aliphatic rings. The second-order valence-corrected chi connectivity index (χ2v) is 3.91. The monoisotopic (exact) mass is 246 g/mol. The van der Waals surface area contributed by atoms with Crippen LogP contribution < -0.4 is 0 Å². The first-order chi connectivity index (χ1) is 7.72. The summed E-state index contributed by atoms with van der Waals surface area (Å²) in [5.74, 6) is 0. The molecule has 0 saturated carbocycles. The summed E-state index contributed by atoms with van der Waals surface area (Å²) in [4.78, 5) is 17.1. The summed E-state index contributed by atoms with van der Waals surface area (Å²) >= 11 is 0. The molecule has 1 aromatic rings. The van der Waals surface area contributed by atoms with E-state index in [1.807, 2.05) is 30.3 Å². The molecule has 0 radical (unpaired) electrons. The van der Waals surface area contributed by atoms with Crippen molar-refractivity contribution in [2.75, 3.05) is 13.2 Å². The van der Waals surface area contributed by atoms with E-state index in [0.29, 0.717) is 6.61 Å². The zero-order valence-corrected chi connectivity index (χ0v) is 9.59. The molecular formula is C10H15O5P. The van der Waals surface area contributed by atoms with Crippen LogP contribution in [-0.2, 0) is 15.9 Å². The molecule has 6 heteroatoms. The zero-order valence-electron chi connectivity index (χ0n) is 8.69. The molecule has 0 heterocycles. The zero-order chi connectivity index (χ0) is 11.8. The molecule has 0 saturated heterocycles. The van der Waals surface area contributed by atoms with E-state index < -0.39 is 14.7 Å². The summed E-state index contributed by atoms with van der Waals surface area (Å²) in [6.45, 7) is 0.0856. The topological polar surface area (TPSA) is 79.2 Å². The van der Waals surface area contributed by atoms with E-state index in [2.05, 4.69) is 4.52 Å². The molecule has 1 rings (SSSR count). The second kappa shape index (κ2) is 7.68. The lowest BCUT2D eigenvalue weighted by molar-refractivity contribution is -0.0246. The summed E-state index contributed by atoms with van der Waals surface area (Å²) in [6.07, 6.45) is -0.551. The smallest absolute Gasteiger partial charge is 0.327 e. The van der Waals surface area contributed by atoms with Crippen LogP contribution in [0.1, 0.15) is 5.56 Å². The molecule has 0 bridgehead atoms. The van der Waals surface area contributed by atoms with Crippen molar-refractivity contribution in [1.29, 1.82) is 0 Å². The first kappa shape index (κ1) is 13.5. The highest BCUT2D eigenvalue weighted by Gasteiger charge is 2.11. The predicted molar refractivity (Wildman–Crippen MR) is 59.4 cm³/mol. The number of ether oxygens (including phenoxy) is 1. The first-order valence-corrected chi connectivity index (χ1v) is 5.96. The van der Waals surface area contributed by atoms with Crippen LogP contribution in [0.25, 0.3) is 0 Å². The number of aliphatic hydroxyl groups is 1. The van der Waals surface area contributed by atoms with Crippen LogP contribution in [0.3, 0.4) is 0 Å². The molecule has 1 atom stereocenters. The van der Waals surface area contributed by atoms with Crippen LogP contribution in [0, 0.1) is 0 Å². The summed E-state index contributed by atoms with van der Waals surface area (Å²) in [5, 5.41) is 8.96. The maximum Gasteiger partial charge on any atom is 0.327 e. The fourth-order valence-corrected chi connectivity index (χ4v) is 1.39. The Kier molecular flexibility index (Phi) is 6.49. The molecule has 0 fully saturated rings. The van der Waals surface area contributed by atoms with Crippen LogP contribution in [0.5, 0.6) is 0 Å². The summed E-state index contributed by atoms with van der Waals surface area (Å²) in [5.41, 5.74) is 0.983. The molecule has 0 spiro atoms. The number of hydrogen-bond acceptors (Lipinski definition) is 5. The third-order valence-corrected chi connectivity index (χ3v) is 2.29. The number of rotatable bonds is 7. The number of aliphatic hydroxyl groups excluding tert-OH is 1. The van der Waals surface area contributed by atoms with Crippen molar-refractivity contribution in [3.8, 4) is 0 Å². The van der Waals surface area contributed by atoms with E-state index in [-0.39, 0.29) is 13.2 Å². The first-order valence-electron chi connectivity index (χ1n) is 4.79. The van der Waals surface area contributed by atoms with E-state index in [0.717, 1.165) is 5.56 Å². The van der Waals surface area contributed by atoms with Crippen molar-refractivity contribution in [1.82, 2.24) is 0 Å². The lowest BCUT2D eigenvalue weighted by atomic mass is 10.2. The van der Waals surface area contributed by atoms with Gasteiger partial charge in [0.2, 0.25) is 0 Å². The molecule has 0 aliphatic heterocycles. The van der Waals surface area contributed by atoms with Gasteiger partial charge < -0.3 is 24.2 Å². The Bertz CT molecular complexity index is 280. The minimum atomic E-state index is -2.39. The van der Waals surface area contributed by atoms with Crippen LogP contribution in [0.2, 0.25) is 0 Å². The molecule has 5 nitrogen and oxygen atoms in total. The highest BCUT2D eigenvalue weighted by Crippen LogP contribution is 2.24. The molecule has 3 N–H and O–H groups in total. The van der Waals surface area contributed by atoms with Crippen molar-refractivity contribution in [2.45, 2.75) is 12.7 Å². The van der Waals surface area contributed by atoms with Gasteiger partial charge in [0.05, 0.1) is 19.8 Å². The Morgan fingerprint density at radius 2 is 1.88 bits per heavy atom. The van der Waals surface area contributed by atoms with E-state index in [9.17, 15) is 0 Å². The molecule has 90 valence electrons. The fraction of sp³-hybridized carbons (Fsp3) is 0.400. The maximum absolute atomic E-state index is 8.96. The van der Waals surface area contributed by atoms with Crippen LogP contribution in [-0.4, -0.2) is 34.2 Å². The molecule has 0 aliphatic carbocycles. The average Bonchev–Trinajstić information content (AvgIpc) is 2.30. The van der Waals surface area contributed by atoms with Gasteiger partial charge >= 0.3 is 8.60 Å². The largest absolute Gasteiger partial charge is 0.394 e. The average molecular weight is 246 g/mol. The van der Waals surface area contributed by atoms with Gasteiger partial charge in [0.1, 0.15) is 6.10 Å². The Balaban J connectivity index is 2.28. The summed E-state index contributed by atoms with van der Waals surface area (Å²) in [6, 6.07) is 9.50. The third kappa shape index (κ3) is 5.51. The van der Waals surface area contributed by atoms with E-state index in [4.69, 9.17) is 19.6 Å². The van der Waals surface area contributed by atoms with E-state index in [1.165, 1.54) is 0 Å². The van der Waals surface area contributed by atoms with E-state index in [1.54, 1.807) is 0 Å². The quantitative estimate of drug-likeness (QED) is 0.620. The van der Waals surface area contributed by atoms with Crippen molar-refractivity contribution in [3.05, 3.63) is 35.9 Å². The van der Waals surface area contributed by atoms with Crippen molar-refractivity contribution < 1.29 is 24.2 Å².